The van der Waals surface area contributed by atoms with Crippen molar-refractivity contribution in [1.82, 2.24) is 0 Å². The molecule has 0 aliphatic rings. The highest BCUT2D eigenvalue weighted by molar-refractivity contribution is 5.95. The van der Waals surface area contributed by atoms with Crippen molar-refractivity contribution in [3.8, 4) is 34.5 Å². The summed E-state index contributed by atoms with van der Waals surface area (Å²) in [5.41, 5.74) is 0.161. The average molecular weight is 478 g/mol. The molecule has 0 bridgehead atoms. The molecule has 0 aromatic heterocycles. The van der Waals surface area contributed by atoms with Crippen molar-refractivity contribution in [2.45, 2.75) is 0 Å². The summed E-state index contributed by atoms with van der Waals surface area (Å²) < 4.78 is 41.2. The highest BCUT2D eigenvalue weighted by Gasteiger charge is 2.21. The third kappa shape index (κ3) is 6.00. The molecule has 0 N–H and O–H groups in total. The van der Waals surface area contributed by atoms with Crippen LogP contribution in [0.2, 0.25) is 0 Å². The van der Waals surface area contributed by atoms with Crippen molar-refractivity contribution >= 4 is 17.7 Å². The molecule has 0 atom stereocenters. The molecule has 0 aliphatic carbocycles. The molecule has 2 rings (SSSR count). The van der Waals surface area contributed by atoms with Gasteiger partial charge in [0.05, 0.1) is 53.8 Å². The molecule has 0 saturated heterocycles. The van der Waals surface area contributed by atoms with Gasteiger partial charge in [-0.05, 0) is 24.3 Å². The Labute approximate surface area is 196 Å². The van der Waals surface area contributed by atoms with Crippen LogP contribution in [0.4, 0.5) is 0 Å². The van der Waals surface area contributed by atoms with E-state index in [-0.39, 0.29) is 34.1 Å². The van der Waals surface area contributed by atoms with Crippen LogP contribution in [0.5, 0.6) is 34.5 Å². The maximum Gasteiger partial charge on any atom is 0.338 e. The maximum absolute atomic E-state index is 12.4. The number of Topliss-reactive ketones (excluding diaryl/α,β-unsaturated/α-hetero) is 1. The predicted molar refractivity (Wildman–Crippen MR) is 118 cm³/mol. The van der Waals surface area contributed by atoms with E-state index in [9.17, 15) is 14.4 Å². The van der Waals surface area contributed by atoms with Crippen molar-refractivity contribution in [2.24, 2.45) is 0 Å². The zero-order valence-electron chi connectivity index (χ0n) is 19.7. The van der Waals surface area contributed by atoms with Gasteiger partial charge in [-0.2, -0.15) is 0 Å². The molecule has 0 heterocycles. The second-order valence-electron chi connectivity index (χ2n) is 6.52. The van der Waals surface area contributed by atoms with E-state index in [4.69, 9.17) is 37.9 Å². The Kier molecular flexibility index (Phi) is 9.36. The minimum absolute atomic E-state index is 0.0803. The molecule has 0 saturated carbocycles. The lowest BCUT2D eigenvalue weighted by atomic mass is 10.2. The number of carbonyl (C=O) groups is 3. The Hall–Kier alpha value is -4.15. The summed E-state index contributed by atoms with van der Waals surface area (Å²) >= 11 is 0. The third-order valence-corrected chi connectivity index (χ3v) is 4.53. The van der Waals surface area contributed by atoms with Crippen molar-refractivity contribution in [1.29, 1.82) is 0 Å². The number of hydrogen-bond donors (Lipinski definition) is 0. The van der Waals surface area contributed by atoms with Crippen LogP contribution in [-0.4, -0.2) is 73.6 Å². The van der Waals surface area contributed by atoms with E-state index < -0.39 is 30.9 Å². The number of carbonyl (C=O) groups excluding carboxylic acids is 3. The molecule has 0 radical (unpaired) electrons. The average Bonchev–Trinajstić information content (AvgIpc) is 2.87. The van der Waals surface area contributed by atoms with E-state index in [1.54, 1.807) is 0 Å². The summed E-state index contributed by atoms with van der Waals surface area (Å²) in [5.74, 6) is -0.640. The van der Waals surface area contributed by atoms with Gasteiger partial charge in [-0.25, -0.2) is 9.59 Å². The van der Waals surface area contributed by atoms with Crippen LogP contribution >= 0.6 is 0 Å². The number of esters is 2. The molecular formula is C23H26O11. The predicted octanol–water partition coefficient (Wildman–Crippen LogP) is 2.32. The van der Waals surface area contributed by atoms with E-state index in [0.717, 1.165) is 0 Å². The molecule has 0 spiro atoms. The van der Waals surface area contributed by atoms with Gasteiger partial charge in [0.2, 0.25) is 17.3 Å². The summed E-state index contributed by atoms with van der Waals surface area (Å²) in [6, 6.07) is 5.55. The molecule has 0 amide bonds. The largest absolute Gasteiger partial charge is 0.493 e. The number of hydrogen-bond acceptors (Lipinski definition) is 11. The van der Waals surface area contributed by atoms with Crippen molar-refractivity contribution < 1.29 is 52.3 Å². The highest BCUT2D eigenvalue weighted by Crippen LogP contribution is 2.39. The van der Waals surface area contributed by atoms with Gasteiger partial charge in [0, 0.05) is 0 Å². The van der Waals surface area contributed by atoms with Gasteiger partial charge in [-0.3, -0.25) is 4.79 Å². The first kappa shape index (κ1) is 26.1. The van der Waals surface area contributed by atoms with Crippen molar-refractivity contribution in [2.75, 3.05) is 55.9 Å². The van der Waals surface area contributed by atoms with Crippen LogP contribution in [0, 0.1) is 0 Å². The molecule has 11 heteroatoms. The fourth-order valence-corrected chi connectivity index (χ4v) is 2.90. The summed E-state index contributed by atoms with van der Waals surface area (Å²) in [7, 11) is 8.46. The summed E-state index contributed by atoms with van der Waals surface area (Å²) in [6.45, 7) is -1.23. The molecule has 0 fully saturated rings. The number of methoxy groups -OCH3 is 6. The molecule has 0 unspecified atom stereocenters. The normalized spacial score (nSPS) is 10.1. The standard InChI is InChI=1S/C23H26O11/c1-27-16-7-13(8-17(28-2)20(16)31-5)22(25)33-11-15(24)12-34-23(26)14-9-18(29-3)21(32-6)19(10-14)30-4/h7-10H,11-12H2,1-6H3. The maximum atomic E-state index is 12.4. The minimum Gasteiger partial charge on any atom is -0.493 e. The Bertz CT molecular complexity index is 914. The van der Waals surface area contributed by atoms with E-state index in [0.29, 0.717) is 11.5 Å². The molecule has 2 aromatic carbocycles. The summed E-state index contributed by atoms with van der Waals surface area (Å²) in [6.07, 6.45) is 0. The minimum atomic E-state index is -0.802. The zero-order chi connectivity index (χ0) is 25.3. The second kappa shape index (κ2) is 12.2. The molecule has 2 aromatic rings. The highest BCUT2D eigenvalue weighted by atomic mass is 16.6. The number of benzene rings is 2. The zero-order valence-corrected chi connectivity index (χ0v) is 19.7. The SMILES string of the molecule is COc1cc(C(=O)OCC(=O)COC(=O)c2cc(OC)c(OC)c(OC)c2)cc(OC)c1OC. The van der Waals surface area contributed by atoms with E-state index in [1.165, 1.54) is 66.9 Å². The van der Waals surface area contributed by atoms with Gasteiger partial charge in [0.1, 0.15) is 0 Å². The van der Waals surface area contributed by atoms with E-state index in [1.807, 2.05) is 0 Å². The molecule has 11 nitrogen and oxygen atoms in total. The van der Waals surface area contributed by atoms with Crippen molar-refractivity contribution in [3.05, 3.63) is 35.4 Å². The quantitative estimate of drug-likeness (QED) is 0.417. The lowest BCUT2D eigenvalue weighted by Gasteiger charge is -2.14. The number of ether oxygens (including phenoxy) is 8. The van der Waals surface area contributed by atoms with Gasteiger partial charge >= 0.3 is 11.9 Å². The molecule has 184 valence electrons. The lowest BCUT2D eigenvalue weighted by Crippen LogP contribution is -2.21. The molecule has 0 aliphatic heterocycles. The van der Waals surface area contributed by atoms with Crippen LogP contribution in [-0.2, 0) is 14.3 Å². The van der Waals surface area contributed by atoms with Gasteiger partial charge in [0.25, 0.3) is 0 Å². The fraction of sp³-hybridized carbons (Fsp3) is 0.348. The lowest BCUT2D eigenvalue weighted by molar-refractivity contribution is -0.125. The Morgan fingerprint density at radius 3 is 1.06 bits per heavy atom. The van der Waals surface area contributed by atoms with E-state index in [2.05, 4.69) is 0 Å². The molecule has 34 heavy (non-hydrogen) atoms. The number of rotatable bonds is 12. The van der Waals surface area contributed by atoms with Crippen LogP contribution in [0.1, 0.15) is 20.7 Å². The Morgan fingerprint density at radius 2 is 0.824 bits per heavy atom. The summed E-state index contributed by atoms with van der Waals surface area (Å²) in [5, 5.41) is 0. The Morgan fingerprint density at radius 1 is 0.529 bits per heavy atom. The topological polar surface area (TPSA) is 125 Å². The first-order valence-corrected chi connectivity index (χ1v) is 9.79. The van der Waals surface area contributed by atoms with Gasteiger partial charge < -0.3 is 37.9 Å². The number of ketones is 1. The monoisotopic (exact) mass is 478 g/mol. The van der Waals surface area contributed by atoms with Crippen molar-refractivity contribution in [3.63, 3.8) is 0 Å². The van der Waals surface area contributed by atoms with Crippen LogP contribution < -0.4 is 28.4 Å². The first-order valence-electron chi connectivity index (χ1n) is 9.79. The van der Waals surface area contributed by atoms with Gasteiger partial charge in [-0.1, -0.05) is 0 Å². The smallest absolute Gasteiger partial charge is 0.338 e. The van der Waals surface area contributed by atoms with Crippen LogP contribution in [0.25, 0.3) is 0 Å². The van der Waals surface area contributed by atoms with Crippen LogP contribution in [0.3, 0.4) is 0 Å². The Balaban J connectivity index is 2.00. The second-order valence-corrected chi connectivity index (χ2v) is 6.52. The fourth-order valence-electron chi connectivity index (χ4n) is 2.90. The van der Waals surface area contributed by atoms with Gasteiger partial charge in [0.15, 0.2) is 36.2 Å². The van der Waals surface area contributed by atoms with E-state index >= 15 is 0 Å². The molecular weight excluding hydrogens is 452 g/mol. The third-order valence-electron chi connectivity index (χ3n) is 4.53. The van der Waals surface area contributed by atoms with Gasteiger partial charge in [-0.15, -0.1) is 0 Å². The first-order chi connectivity index (χ1) is 16.3. The summed E-state index contributed by atoms with van der Waals surface area (Å²) in [4.78, 5) is 36.9. The van der Waals surface area contributed by atoms with Crippen LogP contribution in [0.15, 0.2) is 24.3 Å².